The van der Waals surface area contributed by atoms with Crippen LogP contribution in [0.1, 0.15) is 5.56 Å². The summed E-state index contributed by atoms with van der Waals surface area (Å²) in [6.07, 6.45) is 0.301. The topological polar surface area (TPSA) is 40.5 Å². The van der Waals surface area contributed by atoms with Gasteiger partial charge in [-0.15, -0.1) is 0 Å². The molecule has 0 unspecified atom stereocenters. The molecule has 0 aromatic heterocycles. The van der Waals surface area contributed by atoms with Gasteiger partial charge in [0.2, 0.25) is 5.91 Å². The Labute approximate surface area is 80.8 Å². The highest BCUT2D eigenvalue weighted by Gasteiger charge is 2.26. The van der Waals surface area contributed by atoms with Gasteiger partial charge in [0, 0.05) is 6.54 Å². The van der Waals surface area contributed by atoms with E-state index < -0.39 is 0 Å². The third-order valence-electron chi connectivity index (χ3n) is 2.30. The lowest BCUT2D eigenvalue weighted by Crippen LogP contribution is -2.29. The average molecular weight is 195 g/mol. The Morgan fingerprint density at radius 2 is 2.29 bits per heavy atom. The maximum atomic E-state index is 12.9. The van der Waals surface area contributed by atoms with Gasteiger partial charge in [0.25, 0.3) is 0 Å². The van der Waals surface area contributed by atoms with Crippen molar-refractivity contribution in [3.05, 3.63) is 29.6 Å². The first-order chi connectivity index (χ1) is 6.72. The lowest BCUT2D eigenvalue weighted by Gasteiger charge is -2.15. The van der Waals surface area contributed by atoms with E-state index in [0.29, 0.717) is 12.1 Å². The molecule has 0 spiro atoms. The Morgan fingerprint density at radius 1 is 1.50 bits per heavy atom. The van der Waals surface area contributed by atoms with E-state index in [0.717, 1.165) is 5.56 Å². The van der Waals surface area contributed by atoms with Crippen LogP contribution < -0.4 is 4.90 Å². The molecule has 0 fully saturated rings. The molecule has 1 N–H and O–H groups in total. The highest BCUT2D eigenvalue weighted by atomic mass is 19.1. The van der Waals surface area contributed by atoms with E-state index in [1.807, 2.05) is 0 Å². The van der Waals surface area contributed by atoms with Gasteiger partial charge >= 0.3 is 0 Å². The molecule has 4 heteroatoms. The molecule has 0 saturated heterocycles. The summed E-state index contributed by atoms with van der Waals surface area (Å²) in [5, 5.41) is 8.75. The van der Waals surface area contributed by atoms with Crippen LogP contribution in [-0.2, 0) is 11.2 Å². The summed E-state index contributed by atoms with van der Waals surface area (Å²) in [7, 11) is 0. The number of aliphatic hydroxyl groups is 1. The second-order valence-electron chi connectivity index (χ2n) is 3.22. The van der Waals surface area contributed by atoms with E-state index in [1.165, 1.54) is 17.0 Å². The van der Waals surface area contributed by atoms with E-state index in [9.17, 15) is 9.18 Å². The van der Waals surface area contributed by atoms with Gasteiger partial charge in [-0.25, -0.2) is 4.39 Å². The number of hydrogen-bond acceptors (Lipinski definition) is 2. The van der Waals surface area contributed by atoms with Gasteiger partial charge in [0.05, 0.1) is 18.7 Å². The summed E-state index contributed by atoms with van der Waals surface area (Å²) in [6, 6.07) is 4.28. The van der Waals surface area contributed by atoms with Gasteiger partial charge in [0.15, 0.2) is 0 Å². The van der Waals surface area contributed by atoms with Crippen molar-refractivity contribution < 1.29 is 14.3 Å². The van der Waals surface area contributed by atoms with Crippen molar-refractivity contribution in [2.75, 3.05) is 18.1 Å². The molecule has 0 saturated carbocycles. The Hall–Kier alpha value is -1.42. The van der Waals surface area contributed by atoms with Gasteiger partial charge in [-0.3, -0.25) is 4.79 Å². The molecule has 1 aliphatic heterocycles. The molecule has 3 nitrogen and oxygen atoms in total. The van der Waals surface area contributed by atoms with Crippen molar-refractivity contribution in [1.82, 2.24) is 0 Å². The van der Waals surface area contributed by atoms with Crippen LogP contribution in [0.15, 0.2) is 18.2 Å². The fourth-order valence-electron chi connectivity index (χ4n) is 1.68. The predicted molar refractivity (Wildman–Crippen MR) is 49.5 cm³/mol. The smallest absolute Gasteiger partial charge is 0.231 e. The lowest BCUT2D eigenvalue weighted by atomic mass is 10.2. The molecule has 0 bridgehead atoms. The molecule has 0 atom stereocenters. The van der Waals surface area contributed by atoms with Gasteiger partial charge in [-0.1, -0.05) is 6.07 Å². The van der Waals surface area contributed by atoms with Crippen LogP contribution in [0.4, 0.5) is 10.1 Å². The normalized spacial score (nSPS) is 14.7. The Bertz CT molecular complexity index is 378. The molecule has 0 radical (unpaired) electrons. The van der Waals surface area contributed by atoms with Crippen LogP contribution in [0.5, 0.6) is 0 Å². The van der Waals surface area contributed by atoms with Crippen LogP contribution in [0.25, 0.3) is 0 Å². The molecule has 0 aliphatic carbocycles. The molecule has 1 aromatic carbocycles. The number of hydrogen-bond donors (Lipinski definition) is 1. The molecule has 2 rings (SSSR count). The van der Waals surface area contributed by atoms with Crippen molar-refractivity contribution >= 4 is 11.6 Å². The van der Waals surface area contributed by atoms with Crippen LogP contribution in [0.3, 0.4) is 0 Å². The van der Waals surface area contributed by atoms with Crippen LogP contribution in [0.2, 0.25) is 0 Å². The summed E-state index contributed by atoms with van der Waals surface area (Å²) in [4.78, 5) is 12.8. The van der Waals surface area contributed by atoms with Crippen molar-refractivity contribution in [3.8, 4) is 0 Å². The first kappa shape index (κ1) is 9.15. The number of halogens is 1. The van der Waals surface area contributed by atoms with E-state index in [2.05, 4.69) is 0 Å². The second kappa shape index (κ2) is 3.38. The Morgan fingerprint density at radius 3 is 3.00 bits per heavy atom. The highest BCUT2D eigenvalue weighted by Crippen LogP contribution is 2.28. The van der Waals surface area contributed by atoms with Gasteiger partial charge in [-0.05, 0) is 17.7 Å². The molecule has 1 heterocycles. The molecule has 74 valence electrons. The molecular weight excluding hydrogens is 185 g/mol. The number of nitrogens with zero attached hydrogens (tertiary/aromatic N) is 1. The van der Waals surface area contributed by atoms with E-state index in [1.54, 1.807) is 6.07 Å². The fraction of sp³-hybridized carbons (Fsp3) is 0.300. The number of amides is 1. The Kier molecular flexibility index (Phi) is 2.21. The Balaban J connectivity index is 2.39. The monoisotopic (exact) mass is 195 g/mol. The van der Waals surface area contributed by atoms with Gasteiger partial charge < -0.3 is 10.0 Å². The minimum absolute atomic E-state index is 0.0837. The summed E-state index contributed by atoms with van der Waals surface area (Å²) in [6.45, 7) is 0.122. The van der Waals surface area contributed by atoms with Crippen molar-refractivity contribution in [2.24, 2.45) is 0 Å². The summed E-state index contributed by atoms with van der Waals surface area (Å²) in [5.74, 6) is -0.443. The standard InChI is InChI=1S/C10H10FNO2/c11-8-2-1-7-5-10(14)12(3-4-13)9(7)6-8/h1-2,6,13H,3-5H2. The largest absolute Gasteiger partial charge is 0.395 e. The zero-order valence-electron chi connectivity index (χ0n) is 7.53. The number of carbonyl (C=O) groups is 1. The first-order valence-electron chi connectivity index (χ1n) is 4.42. The molecule has 1 amide bonds. The van der Waals surface area contributed by atoms with E-state index in [4.69, 9.17) is 5.11 Å². The third kappa shape index (κ3) is 1.37. The lowest BCUT2D eigenvalue weighted by molar-refractivity contribution is -0.117. The van der Waals surface area contributed by atoms with Crippen molar-refractivity contribution in [1.29, 1.82) is 0 Å². The third-order valence-corrected chi connectivity index (χ3v) is 2.30. The minimum atomic E-state index is -0.360. The zero-order valence-corrected chi connectivity index (χ0v) is 7.53. The number of aliphatic hydroxyl groups excluding tert-OH is 1. The fourth-order valence-corrected chi connectivity index (χ4v) is 1.68. The number of fused-ring (bicyclic) bond motifs is 1. The zero-order chi connectivity index (χ0) is 10.1. The maximum Gasteiger partial charge on any atom is 0.231 e. The molecule has 1 aliphatic rings. The van der Waals surface area contributed by atoms with E-state index >= 15 is 0 Å². The van der Waals surface area contributed by atoms with Gasteiger partial charge in [0.1, 0.15) is 5.82 Å². The summed E-state index contributed by atoms with van der Waals surface area (Å²) in [5.41, 5.74) is 1.41. The number of β-amino-alcohol motifs (C(OH)–C–C–N with tert-alkyl or cyclic N) is 1. The predicted octanol–water partition coefficient (Wildman–Crippen LogP) is 0.707. The van der Waals surface area contributed by atoms with Crippen LogP contribution in [0, 0.1) is 5.82 Å². The average Bonchev–Trinajstić information content (AvgIpc) is 2.45. The van der Waals surface area contributed by atoms with Crippen LogP contribution >= 0.6 is 0 Å². The summed E-state index contributed by atoms with van der Waals surface area (Å²) >= 11 is 0. The molecule has 1 aromatic rings. The number of carbonyl (C=O) groups excluding carboxylic acids is 1. The second-order valence-corrected chi connectivity index (χ2v) is 3.22. The maximum absolute atomic E-state index is 12.9. The molecule has 14 heavy (non-hydrogen) atoms. The van der Waals surface area contributed by atoms with Gasteiger partial charge in [-0.2, -0.15) is 0 Å². The van der Waals surface area contributed by atoms with Crippen molar-refractivity contribution in [3.63, 3.8) is 0 Å². The van der Waals surface area contributed by atoms with Crippen LogP contribution in [-0.4, -0.2) is 24.2 Å². The number of anilines is 1. The quantitative estimate of drug-likeness (QED) is 0.754. The highest BCUT2D eigenvalue weighted by molar-refractivity contribution is 6.01. The minimum Gasteiger partial charge on any atom is -0.395 e. The van der Waals surface area contributed by atoms with E-state index in [-0.39, 0.29) is 24.9 Å². The number of rotatable bonds is 2. The number of benzene rings is 1. The molecular formula is C10H10FNO2. The van der Waals surface area contributed by atoms with Crippen molar-refractivity contribution in [2.45, 2.75) is 6.42 Å². The SMILES string of the molecule is O=C1Cc2ccc(F)cc2N1CCO. The first-order valence-corrected chi connectivity index (χ1v) is 4.42. The summed E-state index contributed by atoms with van der Waals surface area (Å²) < 4.78 is 12.9.